The maximum atomic E-state index is 5.35. The molecule has 4 heteroatoms. The molecule has 0 aliphatic heterocycles. The molecular weight excluding hydrogens is 238 g/mol. The molecule has 2 atom stereocenters. The monoisotopic (exact) mass is 265 g/mol. The summed E-state index contributed by atoms with van der Waals surface area (Å²) in [6.45, 7) is 9.00. The zero-order chi connectivity index (χ0) is 13.7. The van der Waals surface area contributed by atoms with Gasteiger partial charge >= 0.3 is 0 Å². The molecular formula is C15H27N3O. The third kappa shape index (κ3) is 3.96. The van der Waals surface area contributed by atoms with Crippen molar-refractivity contribution < 1.29 is 4.74 Å². The summed E-state index contributed by atoms with van der Waals surface area (Å²) in [7, 11) is 0. The minimum absolute atomic E-state index is 0.630. The van der Waals surface area contributed by atoms with Crippen molar-refractivity contribution in [3.05, 3.63) is 11.9 Å². The van der Waals surface area contributed by atoms with Crippen LogP contribution in [0.5, 0.6) is 0 Å². The highest BCUT2D eigenvalue weighted by Gasteiger charge is 2.24. The minimum atomic E-state index is 0.630. The molecule has 1 aromatic heterocycles. The molecule has 0 bridgehead atoms. The summed E-state index contributed by atoms with van der Waals surface area (Å²) in [5.41, 5.74) is 1.10. The number of aryl methyl sites for hydroxylation is 1. The summed E-state index contributed by atoms with van der Waals surface area (Å²) >= 11 is 0. The van der Waals surface area contributed by atoms with Crippen molar-refractivity contribution in [2.45, 2.75) is 52.5 Å². The Morgan fingerprint density at radius 2 is 2.32 bits per heavy atom. The Labute approximate surface area is 116 Å². The van der Waals surface area contributed by atoms with E-state index in [1.807, 2.05) is 6.92 Å². The molecule has 0 saturated heterocycles. The number of anilines is 1. The van der Waals surface area contributed by atoms with Crippen molar-refractivity contribution in [1.29, 1.82) is 0 Å². The Morgan fingerprint density at radius 3 is 3.00 bits per heavy atom. The predicted octanol–water partition coefficient (Wildman–Crippen LogP) is 3.39. The maximum absolute atomic E-state index is 5.35. The fraction of sp³-hybridized carbons (Fsp3) is 0.800. The lowest BCUT2D eigenvalue weighted by Crippen LogP contribution is -2.13. The molecule has 108 valence electrons. The Bertz CT molecular complexity index is 389. The summed E-state index contributed by atoms with van der Waals surface area (Å²) in [5, 5.41) is 3.46. The van der Waals surface area contributed by atoms with Crippen molar-refractivity contribution in [2.75, 3.05) is 25.1 Å². The van der Waals surface area contributed by atoms with Crippen LogP contribution in [0.15, 0.2) is 6.20 Å². The van der Waals surface area contributed by atoms with Gasteiger partial charge in [-0.1, -0.05) is 6.92 Å². The molecule has 1 fully saturated rings. The van der Waals surface area contributed by atoms with Crippen molar-refractivity contribution in [2.24, 2.45) is 5.92 Å². The van der Waals surface area contributed by atoms with Crippen molar-refractivity contribution >= 4 is 5.95 Å². The SMILES string of the molecule is CCOCCCNc1nc(C)cn1C1CCC(C)C1. The van der Waals surface area contributed by atoms with E-state index in [1.165, 1.54) is 19.3 Å². The van der Waals surface area contributed by atoms with E-state index in [1.54, 1.807) is 0 Å². The van der Waals surface area contributed by atoms with Crippen LogP contribution in [-0.2, 0) is 4.74 Å². The van der Waals surface area contributed by atoms with Gasteiger partial charge in [-0.15, -0.1) is 0 Å². The summed E-state index contributed by atoms with van der Waals surface area (Å²) in [6.07, 6.45) is 7.12. The second-order valence-corrected chi connectivity index (χ2v) is 5.66. The average molecular weight is 265 g/mol. The first-order valence-corrected chi connectivity index (χ1v) is 7.57. The van der Waals surface area contributed by atoms with E-state index in [9.17, 15) is 0 Å². The van der Waals surface area contributed by atoms with Crippen molar-refractivity contribution in [3.63, 3.8) is 0 Å². The van der Waals surface area contributed by atoms with Crippen LogP contribution in [-0.4, -0.2) is 29.3 Å². The molecule has 19 heavy (non-hydrogen) atoms. The first-order chi connectivity index (χ1) is 9.20. The Kier molecular flexibility index (Phi) is 5.25. The first kappa shape index (κ1) is 14.4. The lowest BCUT2D eigenvalue weighted by Gasteiger charge is -2.16. The number of rotatable bonds is 7. The van der Waals surface area contributed by atoms with Crippen molar-refractivity contribution in [1.82, 2.24) is 9.55 Å². The van der Waals surface area contributed by atoms with Crippen molar-refractivity contribution in [3.8, 4) is 0 Å². The number of ether oxygens (including phenoxy) is 1. The van der Waals surface area contributed by atoms with Crippen LogP contribution in [0, 0.1) is 12.8 Å². The van der Waals surface area contributed by atoms with Gasteiger partial charge in [0.15, 0.2) is 0 Å². The van der Waals surface area contributed by atoms with E-state index >= 15 is 0 Å². The Morgan fingerprint density at radius 1 is 1.47 bits per heavy atom. The van der Waals surface area contributed by atoms with Crippen LogP contribution < -0.4 is 5.32 Å². The number of hydrogen-bond acceptors (Lipinski definition) is 3. The Balaban J connectivity index is 1.89. The molecule has 1 aliphatic carbocycles. The fourth-order valence-electron chi connectivity index (χ4n) is 2.87. The molecule has 1 saturated carbocycles. The van der Waals surface area contributed by atoms with Gasteiger partial charge in [0.25, 0.3) is 0 Å². The molecule has 2 unspecified atom stereocenters. The van der Waals surface area contributed by atoms with Crippen LogP contribution in [0.1, 0.15) is 51.3 Å². The second-order valence-electron chi connectivity index (χ2n) is 5.66. The number of hydrogen-bond donors (Lipinski definition) is 1. The molecule has 1 aromatic rings. The van der Waals surface area contributed by atoms with Crippen LogP contribution in [0.2, 0.25) is 0 Å². The summed E-state index contributed by atoms with van der Waals surface area (Å²) < 4.78 is 7.70. The van der Waals surface area contributed by atoms with E-state index in [0.29, 0.717) is 6.04 Å². The lowest BCUT2D eigenvalue weighted by molar-refractivity contribution is 0.147. The highest BCUT2D eigenvalue weighted by Crippen LogP contribution is 2.35. The summed E-state index contributed by atoms with van der Waals surface area (Å²) in [6, 6.07) is 0.630. The van der Waals surface area contributed by atoms with E-state index in [-0.39, 0.29) is 0 Å². The molecule has 0 spiro atoms. The van der Waals surface area contributed by atoms with Gasteiger partial charge in [0.2, 0.25) is 5.95 Å². The molecule has 0 amide bonds. The number of nitrogens with one attached hydrogen (secondary N) is 1. The normalized spacial score (nSPS) is 22.9. The zero-order valence-electron chi connectivity index (χ0n) is 12.5. The van der Waals surface area contributed by atoms with Gasteiger partial charge in [0, 0.05) is 32.0 Å². The van der Waals surface area contributed by atoms with Crippen LogP contribution in [0.4, 0.5) is 5.95 Å². The van der Waals surface area contributed by atoms with Gasteiger partial charge in [0.1, 0.15) is 0 Å². The molecule has 1 N–H and O–H groups in total. The van der Waals surface area contributed by atoms with Gasteiger partial charge in [-0.2, -0.15) is 0 Å². The topological polar surface area (TPSA) is 39.1 Å². The number of nitrogens with zero attached hydrogens (tertiary/aromatic N) is 2. The first-order valence-electron chi connectivity index (χ1n) is 7.57. The molecule has 0 aromatic carbocycles. The largest absolute Gasteiger partial charge is 0.382 e. The molecule has 1 heterocycles. The van der Waals surface area contributed by atoms with E-state index in [4.69, 9.17) is 4.74 Å². The fourth-order valence-corrected chi connectivity index (χ4v) is 2.87. The lowest BCUT2D eigenvalue weighted by atomic mass is 10.1. The quantitative estimate of drug-likeness (QED) is 0.768. The van der Waals surface area contributed by atoms with Crippen LogP contribution in [0.25, 0.3) is 0 Å². The van der Waals surface area contributed by atoms with E-state index in [2.05, 4.69) is 34.9 Å². The zero-order valence-corrected chi connectivity index (χ0v) is 12.5. The second kappa shape index (κ2) is 6.94. The highest BCUT2D eigenvalue weighted by molar-refractivity contribution is 5.29. The smallest absolute Gasteiger partial charge is 0.203 e. The maximum Gasteiger partial charge on any atom is 0.203 e. The van der Waals surface area contributed by atoms with Gasteiger partial charge in [0.05, 0.1) is 5.69 Å². The molecule has 4 nitrogen and oxygen atoms in total. The molecule has 0 radical (unpaired) electrons. The molecule has 2 rings (SSSR count). The highest BCUT2D eigenvalue weighted by atomic mass is 16.5. The van der Waals surface area contributed by atoms with Crippen LogP contribution >= 0.6 is 0 Å². The van der Waals surface area contributed by atoms with Gasteiger partial charge in [-0.05, 0) is 45.4 Å². The predicted molar refractivity (Wildman–Crippen MR) is 78.6 cm³/mol. The minimum Gasteiger partial charge on any atom is -0.382 e. The third-order valence-electron chi connectivity index (χ3n) is 3.87. The Hall–Kier alpha value is -1.03. The summed E-state index contributed by atoms with van der Waals surface area (Å²) in [4.78, 5) is 4.61. The van der Waals surface area contributed by atoms with Gasteiger partial charge in [-0.25, -0.2) is 4.98 Å². The summed E-state index contributed by atoms with van der Waals surface area (Å²) in [5.74, 6) is 1.88. The van der Waals surface area contributed by atoms with E-state index in [0.717, 1.165) is 43.7 Å². The third-order valence-corrected chi connectivity index (χ3v) is 3.87. The number of aromatic nitrogens is 2. The number of imidazole rings is 1. The molecule has 1 aliphatic rings. The standard InChI is InChI=1S/C15H27N3O/c1-4-19-9-5-8-16-15-17-13(3)11-18(15)14-7-6-12(2)10-14/h11-12,14H,4-10H2,1-3H3,(H,16,17). The van der Waals surface area contributed by atoms with Gasteiger partial charge < -0.3 is 14.6 Å². The van der Waals surface area contributed by atoms with Gasteiger partial charge in [-0.3, -0.25) is 0 Å². The van der Waals surface area contributed by atoms with Crippen LogP contribution in [0.3, 0.4) is 0 Å². The average Bonchev–Trinajstić information content (AvgIpc) is 2.95. The van der Waals surface area contributed by atoms with E-state index < -0.39 is 0 Å².